The van der Waals surface area contributed by atoms with E-state index in [1.165, 1.54) is 6.92 Å². The summed E-state index contributed by atoms with van der Waals surface area (Å²) in [5, 5.41) is 12.8. The van der Waals surface area contributed by atoms with Crippen molar-refractivity contribution < 1.29 is 47.9 Å². The van der Waals surface area contributed by atoms with E-state index in [0.717, 1.165) is 13.1 Å². The fraction of sp³-hybridized carbons (Fsp3) is 0.714. The van der Waals surface area contributed by atoms with E-state index in [1.54, 1.807) is 59.8 Å². The first-order valence-electron chi connectivity index (χ1n) is 16.3. The van der Waals surface area contributed by atoms with Crippen molar-refractivity contribution >= 4 is 11.9 Å². The molecule has 1 saturated heterocycles. The Kier molecular flexibility index (Phi) is 7.66. The van der Waals surface area contributed by atoms with Gasteiger partial charge in [-0.1, -0.05) is 19.1 Å². The van der Waals surface area contributed by atoms with E-state index in [4.69, 9.17) is 33.2 Å². The molecule has 7 rings (SSSR count). The highest BCUT2D eigenvalue weighted by atomic mass is 16.6. The average Bonchev–Trinajstić information content (AvgIpc) is 3.42. The van der Waals surface area contributed by atoms with E-state index in [2.05, 4.69) is 24.0 Å². The lowest BCUT2D eigenvalue weighted by atomic mass is 9.44. The molecule has 46 heavy (non-hydrogen) atoms. The molecular weight excluding hydrogens is 594 g/mol. The first kappa shape index (κ1) is 32.0. The number of methoxy groups -OCH3 is 5. The number of hydrogen-bond acceptors (Lipinski definition) is 11. The van der Waals surface area contributed by atoms with Crippen molar-refractivity contribution in [1.82, 2.24) is 4.90 Å². The lowest BCUT2D eigenvalue weighted by Crippen LogP contribution is -2.76. The topological polar surface area (TPSA) is 122 Å². The summed E-state index contributed by atoms with van der Waals surface area (Å²) in [6.45, 7) is 5.56. The number of carbonyl (C=O) groups is 2. The largest absolute Gasteiger partial charge is 0.497 e. The van der Waals surface area contributed by atoms with Crippen LogP contribution in [0, 0.1) is 34.5 Å². The molecule has 5 aliphatic carbocycles. The van der Waals surface area contributed by atoms with Gasteiger partial charge in [0.2, 0.25) is 0 Å². The first-order chi connectivity index (χ1) is 22.1. The van der Waals surface area contributed by atoms with Gasteiger partial charge in [-0.2, -0.15) is 0 Å². The fourth-order valence-electron chi connectivity index (χ4n) is 11.9. The van der Waals surface area contributed by atoms with Gasteiger partial charge in [0.1, 0.15) is 23.1 Å². The Morgan fingerprint density at radius 1 is 1.00 bits per heavy atom. The van der Waals surface area contributed by atoms with E-state index in [1.807, 2.05) is 0 Å². The molecule has 13 atom stereocenters. The van der Waals surface area contributed by atoms with Gasteiger partial charge in [0.25, 0.3) is 0 Å². The van der Waals surface area contributed by atoms with Crippen molar-refractivity contribution in [2.45, 2.75) is 68.3 Å². The maximum absolute atomic E-state index is 13.9. The fourth-order valence-corrected chi connectivity index (χ4v) is 11.9. The molecule has 5 fully saturated rings. The minimum Gasteiger partial charge on any atom is -0.497 e. The molecule has 6 aliphatic rings. The van der Waals surface area contributed by atoms with Crippen molar-refractivity contribution in [3.05, 3.63) is 42.0 Å². The zero-order valence-electron chi connectivity index (χ0n) is 27.8. The highest BCUT2D eigenvalue weighted by molar-refractivity contribution is 5.89. The Labute approximate surface area is 270 Å². The summed E-state index contributed by atoms with van der Waals surface area (Å²) in [7, 11) is 8.31. The van der Waals surface area contributed by atoms with Gasteiger partial charge >= 0.3 is 11.9 Å². The number of carbonyl (C=O) groups excluding carboxylic acids is 2. The molecule has 252 valence electrons. The number of piperidine rings is 1. The van der Waals surface area contributed by atoms with Gasteiger partial charge in [-0.15, -0.1) is 0 Å². The predicted octanol–water partition coefficient (Wildman–Crippen LogP) is 2.49. The molecule has 4 saturated carbocycles. The lowest BCUT2D eigenvalue weighted by Gasteiger charge is -2.67. The first-order valence-corrected chi connectivity index (χ1v) is 16.3. The standard InChI is InChI=1S/C35H47NO10/c1-8-36-17-32(18-40-3)14-13-23(42-5)35-22-15-33(39)24(43-6)16-34(46-19(2)37,26(29(35)36)27(44-7)28(32)35)25(22)30(33)45-31(38)20-9-11-21(41-4)12-10-20/h9-14,22-30,39H,8,15-18H2,1-7H3/t22-,23+,24+,25-,26+,27-,28-,29-,30-,32-,33+,34+,35+/m1/s1. The Morgan fingerprint density at radius 3 is 2.33 bits per heavy atom. The number of fused-ring (bicyclic) bond motifs is 2. The molecule has 0 aromatic heterocycles. The van der Waals surface area contributed by atoms with Crippen molar-refractivity contribution in [2.24, 2.45) is 34.5 Å². The van der Waals surface area contributed by atoms with Crippen LogP contribution in [0.15, 0.2) is 36.4 Å². The molecule has 1 aliphatic heterocycles. The van der Waals surface area contributed by atoms with Crippen molar-refractivity contribution in [3.8, 4) is 5.75 Å². The van der Waals surface area contributed by atoms with Gasteiger partial charge in [-0.3, -0.25) is 9.69 Å². The van der Waals surface area contributed by atoms with Crippen LogP contribution in [-0.2, 0) is 33.2 Å². The molecule has 11 nitrogen and oxygen atoms in total. The molecular formula is C35H47NO10. The van der Waals surface area contributed by atoms with Crippen LogP contribution in [-0.4, -0.2) is 119 Å². The monoisotopic (exact) mass is 641 g/mol. The third kappa shape index (κ3) is 3.81. The van der Waals surface area contributed by atoms with E-state index in [-0.39, 0.29) is 48.8 Å². The van der Waals surface area contributed by atoms with Gasteiger partial charge in [0.05, 0.1) is 37.6 Å². The van der Waals surface area contributed by atoms with E-state index in [9.17, 15) is 14.7 Å². The van der Waals surface area contributed by atoms with Gasteiger partial charge in [0, 0.05) is 83.0 Å². The Balaban J connectivity index is 1.46. The third-order valence-electron chi connectivity index (χ3n) is 12.8. The Morgan fingerprint density at radius 2 is 1.74 bits per heavy atom. The molecule has 7 bridgehead atoms. The SMILES string of the molecule is CCN1C[C@@]2(COC)C=C[C@H](OC)[C@@]34[C@@H]5C[C@]6(O)[C@@H](OC)C[C@](OC(C)=O)([C@H]5[C@H]6OC(=O)c5ccc(OC)cc5)[C@@H]([C@@H](OC)[C@H]23)[C@@H]14. The van der Waals surface area contributed by atoms with E-state index >= 15 is 0 Å². The average molecular weight is 642 g/mol. The van der Waals surface area contributed by atoms with Crippen LogP contribution in [0.4, 0.5) is 0 Å². The summed E-state index contributed by atoms with van der Waals surface area (Å²) in [6, 6.07) is 6.58. The summed E-state index contributed by atoms with van der Waals surface area (Å²) < 4.78 is 43.3. The molecule has 1 N–H and O–H groups in total. The zero-order chi connectivity index (χ0) is 32.8. The second-order valence-electron chi connectivity index (χ2n) is 14.3. The van der Waals surface area contributed by atoms with Crippen LogP contribution in [0.3, 0.4) is 0 Å². The Bertz CT molecular complexity index is 1400. The highest BCUT2D eigenvalue weighted by Gasteiger charge is 2.89. The molecule has 11 heteroatoms. The number of likely N-dealkylation sites (tertiary alicyclic amines) is 1. The number of nitrogens with zero attached hydrogens (tertiary/aromatic N) is 1. The predicted molar refractivity (Wildman–Crippen MR) is 164 cm³/mol. The second kappa shape index (κ2) is 11.0. The Hall–Kier alpha value is -2.54. The summed E-state index contributed by atoms with van der Waals surface area (Å²) >= 11 is 0. The minimum absolute atomic E-state index is 0.0815. The molecule has 1 aromatic rings. The maximum atomic E-state index is 13.9. The van der Waals surface area contributed by atoms with Crippen LogP contribution in [0.5, 0.6) is 5.75 Å². The highest BCUT2D eigenvalue weighted by Crippen LogP contribution is 2.79. The van der Waals surface area contributed by atoms with Gasteiger partial charge in [-0.05, 0) is 43.1 Å². The number of ether oxygens (including phenoxy) is 7. The van der Waals surface area contributed by atoms with Crippen LogP contribution in [0.2, 0.25) is 0 Å². The lowest BCUT2D eigenvalue weighted by molar-refractivity contribution is -0.276. The normalized spacial score (nSPS) is 46.2. The number of aliphatic hydroxyl groups is 1. The van der Waals surface area contributed by atoms with Gasteiger partial charge in [-0.25, -0.2) is 4.79 Å². The molecule has 1 heterocycles. The van der Waals surface area contributed by atoms with Crippen molar-refractivity contribution in [1.29, 1.82) is 0 Å². The van der Waals surface area contributed by atoms with Crippen molar-refractivity contribution in [3.63, 3.8) is 0 Å². The van der Waals surface area contributed by atoms with Crippen LogP contribution < -0.4 is 4.74 Å². The minimum atomic E-state index is -1.54. The number of rotatable bonds is 10. The molecule has 0 amide bonds. The third-order valence-corrected chi connectivity index (χ3v) is 12.8. The summed E-state index contributed by atoms with van der Waals surface area (Å²) in [5.74, 6) is -1.63. The molecule has 1 spiro atoms. The van der Waals surface area contributed by atoms with E-state index < -0.39 is 52.1 Å². The molecule has 0 radical (unpaired) electrons. The van der Waals surface area contributed by atoms with Gasteiger partial charge in [0.15, 0.2) is 0 Å². The van der Waals surface area contributed by atoms with Crippen molar-refractivity contribution in [2.75, 3.05) is 55.2 Å². The second-order valence-corrected chi connectivity index (χ2v) is 14.3. The van der Waals surface area contributed by atoms with Crippen LogP contribution in [0.25, 0.3) is 0 Å². The molecule has 0 unspecified atom stereocenters. The number of hydrogen-bond donors (Lipinski definition) is 1. The molecule has 1 aromatic carbocycles. The summed E-state index contributed by atoms with van der Waals surface area (Å²) in [6.07, 6.45) is 2.50. The zero-order valence-corrected chi connectivity index (χ0v) is 27.8. The van der Waals surface area contributed by atoms with Crippen LogP contribution >= 0.6 is 0 Å². The number of benzene rings is 1. The van der Waals surface area contributed by atoms with Gasteiger partial charge < -0.3 is 38.3 Å². The summed E-state index contributed by atoms with van der Waals surface area (Å²) in [5.41, 5.74) is -3.36. The van der Waals surface area contributed by atoms with Crippen LogP contribution in [0.1, 0.15) is 37.0 Å². The number of esters is 2. The quantitative estimate of drug-likeness (QED) is 0.300. The maximum Gasteiger partial charge on any atom is 0.338 e. The summed E-state index contributed by atoms with van der Waals surface area (Å²) in [4.78, 5) is 29.6. The van der Waals surface area contributed by atoms with E-state index in [0.29, 0.717) is 17.9 Å². The smallest absolute Gasteiger partial charge is 0.338 e.